The predicted octanol–water partition coefficient (Wildman–Crippen LogP) is 5.41. The van der Waals surface area contributed by atoms with Crippen molar-refractivity contribution in [1.82, 2.24) is 9.97 Å². The van der Waals surface area contributed by atoms with Crippen molar-refractivity contribution in [3.63, 3.8) is 0 Å². The average molecular weight is 484 g/mol. The minimum Gasteiger partial charge on any atom is -0.483 e. The Morgan fingerprint density at radius 1 is 1.21 bits per heavy atom. The van der Waals surface area contributed by atoms with Crippen LogP contribution in [0.25, 0.3) is 22.3 Å². The van der Waals surface area contributed by atoms with Crippen LogP contribution in [0.15, 0.2) is 51.9 Å². The van der Waals surface area contributed by atoms with Crippen LogP contribution in [0.3, 0.4) is 0 Å². The quantitative estimate of drug-likeness (QED) is 0.380. The number of aryl methyl sites for hydroxylation is 1. The van der Waals surface area contributed by atoms with E-state index in [1.165, 1.54) is 12.1 Å². The summed E-state index contributed by atoms with van der Waals surface area (Å²) < 4.78 is 12.3. The zero-order chi connectivity index (χ0) is 23.9. The van der Waals surface area contributed by atoms with Crippen molar-refractivity contribution >= 4 is 40.1 Å². The molecule has 1 amide bonds. The molecule has 168 valence electrons. The number of amides is 1. The van der Waals surface area contributed by atoms with Crippen LogP contribution in [-0.4, -0.2) is 15.9 Å². The van der Waals surface area contributed by atoms with Gasteiger partial charge in [0.05, 0.1) is 16.0 Å². The Labute approximate surface area is 199 Å². The zero-order valence-corrected chi connectivity index (χ0v) is 19.5. The van der Waals surface area contributed by atoms with Crippen molar-refractivity contribution in [2.75, 3.05) is 0 Å². The van der Waals surface area contributed by atoms with Crippen molar-refractivity contribution < 1.29 is 13.9 Å². The lowest BCUT2D eigenvalue weighted by Gasteiger charge is -2.20. The van der Waals surface area contributed by atoms with Crippen molar-refractivity contribution in [3.05, 3.63) is 85.5 Å². The molecule has 3 aromatic heterocycles. The van der Waals surface area contributed by atoms with E-state index < -0.39 is 12.0 Å². The van der Waals surface area contributed by atoms with Crippen molar-refractivity contribution in [2.45, 2.75) is 26.9 Å². The summed E-state index contributed by atoms with van der Waals surface area (Å²) in [5.41, 5.74) is 7.66. The van der Waals surface area contributed by atoms with Gasteiger partial charge in [-0.05, 0) is 56.7 Å². The Hall–Kier alpha value is -3.42. The highest BCUT2D eigenvalue weighted by Gasteiger charge is 2.25. The van der Waals surface area contributed by atoms with Crippen molar-refractivity contribution in [2.24, 2.45) is 5.73 Å². The smallest absolute Gasteiger partial charge is 0.271 e. The molecule has 4 rings (SSSR count). The summed E-state index contributed by atoms with van der Waals surface area (Å²) >= 11 is 12.6. The molecule has 0 fully saturated rings. The van der Waals surface area contributed by atoms with E-state index in [0.29, 0.717) is 38.4 Å². The van der Waals surface area contributed by atoms with Gasteiger partial charge in [0.25, 0.3) is 5.91 Å². The second kappa shape index (κ2) is 8.84. The molecule has 33 heavy (non-hydrogen) atoms. The summed E-state index contributed by atoms with van der Waals surface area (Å²) in [6.45, 7) is 5.22. The van der Waals surface area contributed by atoms with Crippen molar-refractivity contribution in [1.29, 1.82) is 0 Å². The van der Waals surface area contributed by atoms with E-state index in [9.17, 15) is 9.59 Å². The lowest BCUT2D eigenvalue weighted by Crippen LogP contribution is -2.17. The minimum absolute atomic E-state index is 0.102. The lowest BCUT2D eigenvalue weighted by atomic mass is 10.00. The number of hydrogen-bond acceptors (Lipinski definition) is 6. The molecule has 0 spiro atoms. The van der Waals surface area contributed by atoms with Gasteiger partial charge in [-0.25, -0.2) is 4.98 Å². The molecule has 3 heterocycles. The van der Waals surface area contributed by atoms with Gasteiger partial charge in [-0.3, -0.25) is 14.6 Å². The molecule has 1 atom stereocenters. The molecule has 0 aliphatic heterocycles. The number of carbonyl (C=O) groups is 1. The highest BCUT2D eigenvalue weighted by molar-refractivity contribution is 6.33. The lowest BCUT2D eigenvalue weighted by molar-refractivity contribution is 0.0988. The number of fused-ring (bicyclic) bond motifs is 1. The van der Waals surface area contributed by atoms with E-state index in [-0.39, 0.29) is 27.6 Å². The maximum atomic E-state index is 13.2. The SMILES string of the molecule is Cc1cc2c(=O)c(C)c(-c3cccnc3)oc2c([C@H](C)Oc2ccc(Cl)nc2C(N)=O)c1Cl. The maximum Gasteiger partial charge on any atom is 0.271 e. The number of primary amides is 1. The zero-order valence-electron chi connectivity index (χ0n) is 18.0. The van der Waals surface area contributed by atoms with Gasteiger partial charge in [-0.15, -0.1) is 0 Å². The summed E-state index contributed by atoms with van der Waals surface area (Å²) in [4.78, 5) is 33.2. The summed E-state index contributed by atoms with van der Waals surface area (Å²) in [5.74, 6) is -0.270. The van der Waals surface area contributed by atoms with E-state index in [1.54, 1.807) is 51.4 Å². The van der Waals surface area contributed by atoms with E-state index in [2.05, 4.69) is 9.97 Å². The predicted molar refractivity (Wildman–Crippen MR) is 127 cm³/mol. The van der Waals surface area contributed by atoms with Crippen molar-refractivity contribution in [3.8, 4) is 17.1 Å². The number of aromatic nitrogens is 2. The Morgan fingerprint density at radius 3 is 2.64 bits per heavy atom. The number of ether oxygens (including phenoxy) is 1. The normalized spacial score (nSPS) is 12.0. The van der Waals surface area contributed by atoms with Gasteiger partial charge in [0.2, 0.25) is 0 Å². The van der Waals surface area contributed by atoms with Gasteiger partial charge < -0.3 is 14.9 Å². The molecule has 0 bridgehead atoms. The molecule has 0 aliphatic carbocycles. The third kappa shape index (κ3) is 4.17. The molecule has 4 aromatic rings. The van der Waals surface area contributed by atoms with Gasteiger partial charge in [0.1, 0.15) is 22.6 Å². The molecule has 2 N–H and O–H groups in total. The highest BCUT2D eigenvalue weighted by atomic mass is 35.5. The molecule has 1 aromatic carbocycles. The first-order valence-corrected chi connectivity index (χ1v) is 10.7. The number of nitrogens with two attached hydrogens (primary N) is 1. The minimum atomic E-state index is -0.791. The molecular formula is C24H19Cl2N3O4. The van der Waals surface area contributed by atoms with Crippen LogP contribution >= 0.6 is 23.2 Å². The molecule has 0 saturated heterocycles. The van der Waals surface area contributed by atoms with Gasteiger partial charge in [0.15, 0.2) is 16.9 Å². The number of nitrogens with zero attached hydrogens (tertiary/aromatic N) is 2. The summed E-state index contributed by atoms with van der Waals surface area (Å²) in [7, 11) is 0. The van der Waals surface area contributed by atoms with Crippen LogP contribution in [0.4, 0.5) is 0 Å². The van der Waals surface area contributed by atoms with Crippen LogP contribution < -0.4 is 15.9 Å². The fourth-order valence-corrected chi connectivity index (χ4v) is 4.09. The van der Waals surface area contributed by atoms with E-state index >= 15 is 0 Å². The van der Waals surface area contributed by atoms with Gasteiger partial charge >= 0.3 is 0 Å². The van der Waals surface area contributed by atoms with Gasteiger partial charge in [-0.1, -0.05) is 23.2 Å². The Kier molecular flexibility index (Phi) is 6.10. The first-order chi connectivity index (χ1) is 15.7. The second-order valence-electron chi connectivity index (χ2n) is 7.53. The van der Waals surface area contributed by atoms with E-state index in [0.717, 1.165) is 0 Å². The Balaban J connectivity index is 1.94. The molecule has 7 nitrogen and oxygen atoms in total. The van der Waals surface area contributed by atoms with Crippen LogP contribution in [-0.2, 0) is 0 Å². The Morgan fingerprint density at radius 2 is 1.97 bits per heavy atom. The van der Waals surface area contributed by atoms with E-state index in [1.807, 2.05) is 0 Å². The largest absolute Gasteiger partial charge is 0.483 e. The number of rotatable bonds is 5. The van der Waals surface area contributed by atoms with Crippen LogP contribution in [0.2, 0.25) is 10.2 Å². The molecular weight excluding hydrogens is 465 g/mol. The average Bonchev–Trinajstić information content (AvgIpc) is 2.79. The van der Waals surface area contributed by atoms with Crippen LogP contribution in [0.1, 0.15) is 40.2 Å². The highest BCUT2D eigenvalue weighted by Crippen LogP contribution is 2.38. The van der Waals surface area contributed by atoms with Gasteiger partial charge in [-0.2, -0.15) is 0 Å². The molecule has 0 saturated carbocycles. The molecule has 0 unspecified atom stereocenters. The van der Waals surface area contributed by atoms with Crippen LogP contribution in [0.5, 0.6) is 5.75 Å². The monoisotopic (exact) mass is 483 g/mol. The van der Waals surface area contributed by atoms with Crippen LogP contribution in [0, 0.1) is 13.8 Å². The van der Waals surface area contributed by atoms with E-state index in [4.69, 9.17) is 38.1 Å². The topological polar surface area (TPSA) is 108 Å². The summed E-state index contributed by atoms with van der Waals surface area (Å²) in [6, 6.07) is 8.23. The molecule has 9 heteroatoms. The first-order valence-electron chi connectivity index (χ1n) is 9.98. The maximum absolute atomic E-state index is 13.2. The number of benzene rings is 1. The first kappa shape index (κ1) is 22.8. The standard InChI is InChI=1S/C24H19Cl2N3O4/c1-11-9-15-21(30)12(2)22(14-5-4-8-28-10-14)33-23(15)18(19(11)26)13(3)32-16-6-7-17(25)29-20(16)24(27)31/h4-10,13H,1-3H3,(H2,27,31)/t13-/m0/s1. The number of pyridine rings is 2. The second-order valence-corrected chi connectivity index (χ2v) is 8.30. The fourth-order valence-electron chi connectivity index (χ4n) is 3.64. The van der Waals surface area contributed by atoms with Gasteiger partial charge in [0, 0.05) is 23.5 Å². The third-order valence-corrected chi connectivity index (χ3v) is 5.97. The third-order valence-electron chi connectivity index (χ3n) is 5.25. The summed E-state index contributed by atoms with van der Waals surface area (Å²) in [5, 5.41) is 0.851. The number of hydrogen-bond donors (Lipinski definition) is 1. The fraction of sp³-hybridized carbons (Fsp3) is 0.167. The number of carbonyl (C=O) groups excluding carboxylic acids is 1. The Bertz CT molecular complexity index is 1450. The molecule has 0 radical (unpaired) electrons. The summed E-state index contributed by atoms with van der Waals surface area (Å²) in [6.07, 6.45) is 2.52. The number of halogens is 2. The molecule has 0 aliphatic rings.